The van der Waals surface area contributed by atoms with Crippen molar-refractivity contribution in [2.24, 2.45) is 0 Å². The average molecular weight is 561 g/mol. The number of allylic oxidation sites excluding steroid dienone is 2. The fourth-order valence-electron chi connectivity index (χ4n) is 6.70. The van der Waals surface area contributed by atoms with Gasteiger partial charge in [-0.15, -0.1) is 0 Å². The molecule has 2 fully saturated rings. The molecule has 0 N–H and O–H groups in total. The van der Waals surface area contributed by atoms with Gasteiger partial charge in [-0.2, -0.15) is 0 Å². The molecule has 31 heavy (non-hydrogen) atoms. The van der Waals surface area contributed by atoms with Gasteiger partial charge in [-0.05, 0) is 0 Å². The van der Waals surface area contributed by atoms with Gasteiger partial charge in [0.15, 0.2) is 0 Å². The Balaban J connectivity index is 0.00000116. The van der Waals surface area contributed by atoms with Crippen LogP contribution in [-0.4, -0.2) is 16.1 Å². The summed E-state index contributed by atoms with van der Waals surface area (Å²) in [5.41, 5.74) is 6.57. The van der Waals surface area contributed by atoms with Crippen molar-refractivity contribution in [1.29, 1.82) is 0 Å². The van der Waals surface area contributed by atoms with Gasteiger partial charge in [-0.25, -0.2) is 0 Å². The van der Waals surface area contributed by atoms with E-state index in [9.17, 15) is 0 Å². The number of benzene rings is 2. The van der Waals surface area contributed by atoms with Crippen LogP contribution >= 0.6 is 0 Å². The van der Waals surface area contributed by atoms with Crippen LogP contribution in [0.1, 0.15) is 35.1 Å². The molecule has 2 aromatic carbocycles. The first-order valence-corrected chi connectivity index (χ1v) is 19.7. The quantitative estimate of drug-likeness (QED) is 0.489. The van der Waals surface area contributed by atoms with Gasteiger partial charge in [-0.3, -0.25) is 0 Å². The summed E-state index contributed by atoms with van der Waals surface area (Å²) >= 11 is -0.845. The zero-order valence-corrected chi connectivity index (χ0v) is 24.4. The molecule has 0 nitrogen and oxygen atoms in total. The van der Waals surface area contributed by atoms with Crippen LogP contribution in [0.3, 0.4) is 0 Å². The molecule has 0 radical (unpaired) electrons. The topological polar surface area (TPSA) is 0 Å². The summed E-state index contributed by atoms with van der Waals surface area (Å²) in [4.78, 5) is 0. The molecule has 2 atom stereocenters. The first-order chi connectivity index (χ1) is 14.0. The molecular formula is C26H30Cl2Si2Zr. The van der Waals surface area contributed by atoms with Crippen molar-refractivity contribution in [2.75, 3.05) is 0 Å². The maximum Gasteiger partial charge on any atom is -1.00 e. The van der Waals surface area contributed by atoms with Crippen LogP contribution in [0.5, 0.6) is 0 Å². The van der Waals surface area contributed by atoms with E-state index < -0.39 is 39.4 Å². The van der Waals surface area contributed by atoms with Crippen LogP contribution in [0.2, 0.25) is 37.3 Å². The summed E-state index contributed by atoms with van der Waals surface area (Å²) in [7, 11) is -2.58. The third-order valence-corrected chi connectivity index (χ3v) is 34.0. The second kappa shape index (κ2) is 8.24. The SMILES string of the molecule is C[Si]1([C]2([Zr+2][C]3([Si]4(C)CCC4)C=Cc4ccccc43)C=Cc3ccccc32)CCC1.[Cl-].[Cl-]. The standard InChI is InChI=1S/2C13H15Si.2ClH.Zr/c2*1-14(9-4-10-14)13-8-7-11-5-2-3-6-12(11)13;;;/h2*2-3,5-8H,4,9-10H2,1H3;2*1H;/q;;;;+2/p-2. The fraction of sp³-hybridized carbons (Fsp3) is 0.385. The van der Waals surface area contributed by atoms with Gasteiger partial charge >= 0.3 is 190 Å². The first kappa shape index (κ1) is 24.0. The fourth-order valence-corrected chi connectivity index (χ4v) is 29.8. The van der Waals surface area contributed by atoms with E-state index in [0.717, 1.165) is 0 Å². The van der Waals surface area contributed by atoms with Crippen molar-refractivity contribution in [3.8, 4) is 0 Å². The molecule has 160 valence electrons. The molecule has 2 unspecified atom stereocenters. The number of hydrogen-bond acceptors (Lipinski definition) is 0. The second-order valence-corrected chi connectivity index (χ2v) is 27.2. The molecule has 2 heterocycles. The van der Waals surface area contributed by atoms with Crippen LogP contribution in [0, 0.1) is 0 Å². The molecule has 4 aliphatic rings. The third kappa shape index (κ3) is 3.13. The minimum absolute atomic E-state index is 0. The van der Waals surface area contributed by atoms with Gasteiger partial charge in [0.2, 0.25) is 0 Å². The van der Waals surface area contributed by atoms with Crippen LogP contribution in [-0.2, 0) is 28.7 Å². The Morgan fingerprint density at radius 1 is 0.645 bits per heavy atom. The molecule has 0 saturated carbocycles. The summed E-state index contributed by atoms with van der Waals surface area (Å²) in [5, 5.41) is 0. The normalized spacial score (nSPS) is 30.0. The van der Waals surface area contributed by atoms with E-state index in [1.54, 1.807) is 46.4 Å². The Kier molecular flexibility index (Phi) is 6.37. The number of hydrogen-bond donors (Lipinski definition) is 0. The van der Waals surface area contributed by atoms with E-state index in [2.05, 4.69) is 85.9 Å². The third-order valence-electron chi connectivity index (χ3n) is 9.01. The Bertz CT molecular complexity index is 973. The number of fused-ring (bicyclic) bond motifs is 2. The zero-order chi connectivity index (χ0) is 19.7. The average Bonchev–Trinajstić information content (AvgIpc) is 3.26. The summed E-state index contributed by atoms with van der Waals surface area (Å²) in [5.74, 6) is 0. The van der Waals surface area contributed by atoms with Crippen LogP contribution in [0.25, 0.3) is 12.2 Å². The van der Waals surface area contributed by atoms with Crippen LogP contribution < -0.4 is 24.8 Å². The predicted molar refractivity (Wildman–Crippen MR) is 126 cm³/mol. The van der Waals surface area contributed by atoms with E-state index in [-0.39, 0.29) is 24.8 Å². The van der Waals surface area contributed by atoms with Crippen molar-refractivity contribution in [3.63, 3.8) is 0 Å². The van der Waals surface area contributed by atoms with E-state index in [0.29, 0.717) is 5.49 Å². The van der Waals surface area contributed by atoms with E-state index >= 15 is 0 Å². The van der Waals surface area contributed by atoms with E-state index in [1.165, 1.54) is 12.8 Å². The van der Waals surface area contributed by atoms with Crippen molar-refractivity contribution >= 4 is 28.3 Å². The predicted octanol–water partition coefficient (Wildman–Crippen LogP) is 0.965. The van der Waals surface area contributed by atoms with E-state index in [1.807, 2.05) is 0 Å². The minimum Gasteiger partial charge on any atom is -1.00 e. The van der Waals surface area contributed by atoms with Crippen molar-refractivity contribution < 1.29 is 48.0 Å². The van der Waals surface area contributed by atoms with Gasteiger partial charge in [-0.1, -0.05) is 0 Å². The second-order valence-electron chi connectivity index (χ2n) is 10.4. The van der Waals surface area contributed by atoms with Gasteiger partial charge in [0, 0.05) is 0 Å². The minimum atomic E-state index is -1.29. The maximum absolute atomic E-state index is 2.78. The monoisotopic (exact) mass is 558 g/mol. The molecule has 2 aromatic rings. The van der Waals surface area contributed by atoms with Gasteiger partial charge in [0.1, 0.15) is 0 Å². The Labute approximate surface area is 213 Å². The molecular weight excluding hydrogens is 531 g/mol. The molecule has 0 amide bonds. The zero-order valence-electron chi connectivity index (χ0n) is 18.4. The molecule has 0 bridgehead atoms. The molecule has 2 saturated heterocycles. The summed E-state index contributed by atoms with van der Waals surface area (Å²) in [6, 6.07) is 25.2. The smallest absolute Gasteiger partial charge is 1.00 e. The summed E-state index contributed by atoms with van der Waals surface area (Å²) < 4.78 is 0.969. The van der Waals surface area contributed by atoms with E-state index in [4.69, 9.17) is 0 Å². The van der Waals surface area contributed by atoms with Gasteiger partial charge < -0.3 is 24.8 Å². The molecule has 0 aromatic heterocycles. The Morgan fingerprint density at radius 2 is 1.03 bits per heavy atom. The number of halogens is 2. The van der Waals surface area contributed by atoms with Gasteiger partial charge in [0.05, 0.1) is 0 Å². The van der Waals surface area contributed by atoms with Crippen LogP contribution in [0.4, 0.5) is 0 Å². The molecule has 0 spiro atoms. The van der Waals surface area contributed by atoms with Crippen molar-refractivity contribution in [3.05, 3.63) is 82.9 Å². The van der Waals surface area contributed by atoms with Crippen molar-refractivity contribution in [2.45, 2.75) is 55.6 Å². The summed E-state index contributed by atoms with van der Waals surface area (Å²) in [6.45, 7) is 5.54. The maximum atomic E-state index is 2.78. The Hall–Kier alpha value is -0.183. The summed E-state index contributed by atoms with van der Waals surface area (Å²) in [6.07, 6.45) is 13.6. The first-order valence-electron chi connectivity index (χ1n) is 11.4. The molecule has 2 aliphatic carbocycles. The molecule has 6 rings (SSSR count). The van der Waals surface area contributed by atoms with Crippen molar-refractivity contribution in [1.82, 2.24) is 0 Å². The van der Waals surface area contributed by atoms with Crippen LogP contribution in [0.15, 0.2) is 60.7 Å². The largest absolute Gasteiger partial charge is 1.00 e. The van der Waals surface area contributed by atoms with Gasteiger partial charge in [0.25, 0.3) is 0 Å². The number of rotatable bonds is 4. The molecule has 2 aliphatic heterocycles. The Morgan fingerprint density at radius 3 is 1.39 bits per heavy atom. The molecule has 5 heteroatoms.